The molecule has 10 heteroatoms. The normalized spacial score (nSPS) is 11.2. The minimum Gasteiger partial charge on any atom is -0.474 e. The Kier molecular flexibility index (Phi) is 8.33. The van der Waals surface area contributed by atoms with E-state index < -0.39 is 15.9 Å². The third-order valence-corrected chi connectivity index (χ3v) is 5.05. The van der Waals surface area contributed by atoms with Gasteiger partial charge >= 0.3 is 0 Å². The first kappa shape index (κ1) is 21.8. The number of hydrogen-bond donors (Lipinski definition) is 2. The highest BCUT2D eigenvalue weighted by molar-refractivity contribution is 7.89. The molecule has 2 aromatic rings. The fourth-order valence-electron chi connectivity index (χ4n) is 2.16. The molecule has 1 aromatic heterocycles. The van der Waals surface area contributed by atoms with Crippen LogP contribution in [0.1, 0.15) is 10.4 Å². The summed E-state index contributed by atoms with van der Waals surface area (Å²) in [6.45, 7) is 1.10. The van der Waals surface area contributed by atoms with E-state index in [1.165, 1.54) is 31.4 Å². The van der Waals surface area contributed by atoms with Crippen molar-refractivity contribution >= 4 is 21.6 Å². The third-order valence-electron chi connectivity index (χ3n) is 3.57. The Balaban J connectivity index is 2.06. The molecule has 0 saturated heterocycles. The zero-order valence-electron chi connectivity index (χ0n) is 15.7. The average molecular weight is 409 g/mol. The third kappa shape index (κ3) is 6.27. The molecule has 0 fully saturated rings. The maximum atomic E-state index is 12.5. The number of hydrogen-bond acceptors (Lipinski definition) is 7. The van der Waals surface area contributed by atoms with Gasteiger partial charge in [0.2, 0.25) is 15.9 Å². The Morgan fingerprint density at radius 1 is 1.04 bits per heavy atom. The molecule has 0 unspecified atom stereocenters. The van der Waals surface area contributed by atoms with Crippen LogP contribution in [0, 0.1) is 0 Å². The highest BCUT2D eigenvalue weighted by atomic mass is 32.2. The van der Waals surface area contributed by atoms with Crippen LogP contribution in [0.2, 0.25) is 0 Å². The Morgan fingerprint density at radius 3 is 2.43 bits per heavy atom. The molecule has 0 spiro atoms. The summed E-state index contributed by atoms with van der Waals surface area (Å²) in [6, 6.07) is 8.92. The van der Waals surface area contributed by atoms with Crippen LogP contribution in [0.25, 0.3) is 0 Å². The van der Waals surface area contributed by atoms with E-state index in [9.17, 15) is 13.2 Å². The number of nitrogens with zero attached hydrogens (tertiary/aromatic N) is 1. The number of nitrogens with one attached hydrogen (secondary N) is 2. The predicted molar refractivity (Wildman–Crippen MR) is 103 cm³/mol. The van der Waals surface area contributed by atoms with E-state index in [0.29, 0.717) is 24.5 Å². The number of benzene rings is 1. The first-order valence-electron chi connectivity index (χ1n) is 8.44. The van der Waals surface area contributed by atoms with Crippen LogP contribution in [0.3, 0.4) is 0 Å². The lowest BCUT2D eigenvalue weighted by molar-refractivity contribution is 0.102. The van der Waals surface area contributed by atoms with Crippen molar-refractivity contribution in [3.63, 3.8) is 0 Å². The van der Waals surface area contributed by atoms with Gasteiger partial charge in [0.1, 0.15) is 12.3 Å². The number of rotatable bonds is 11. The molecule has 152 valence electrons. The van der Waals surface area contributed by atoms with Crippen LogP contribution in [-0.2, 0) is 19.5 Å². The van der Waals surface area contributed by atoms with Gasteiger partial charge in [0.15, 0.2) is 0 Å². The number of pyridine rings is 1. The maximum Gasteiger partial charge on any atom is 0.255 e. The number of sulfonamides is 1. The molecule has 0 radical (unpaired) electrons. The molecular weight excluding hydrogens is 386 g/mol. The van der Waals surface area contributed by atoms with Crippen molar-refractivity contribution in [2.75, 3.05) is 45.9 Å². The van der Waals surface area contributed by atoms with Crippen LogP contribution in [0.5, 0.6) is 5.88 Å². The highest BCUT2D eigenvalue weighted by Gasteiger charge is 2.15. The fraction of sp³-hybridized carbons (Fsp3) is 0.333. The summed E-state index contributed by atoms with van der Waals surface area (Å²) in [5.74, 6) is -0.143. The first-order valence-corrected chi connectivity index (χ1v) is 9.93. The summed E-state index contributed by atoms with van der Waals surface area (Å²) in [6.07, 6.45) is 1.55. The van der Waals surface area contributed by atoms with Crippen LogP contribution < -0.4 is 14.8 Å². The summed E-state index contributed by atoms with van der Waals surface area (Å²) < 4.78 is 41.9. The van der Waals surface area contributed by atoms with Gasteiger partial charge in [-0.2, -0.15) is 0 Å². The molecule has 0 saturated carbocycles. The molecule has 0 bridgehead atoms. The summed E-state index contributed by atoms with van der Waals surface area (Å²) >= 11 is 0. The van der Waals surface area contributed by atoms with Crippen LogP contribution in [-0.4, -0.2) is 59.9 Å². The average Bonchev–Trinajstić information content (AvgIpc) is 2.69. The van der Waals surface area contributed by atoms with Gasteiger partial charge in [0, 0.05) is 32.5 Å². The molecule has 9 nitrogen and oxygen atoms in total. The molecule has 0 aliphatic rings. The van der Waals surface area contributed by atoms with Gasteiger partial charge in [-0.25, -0.2) is 18.1 Å². The van der Waals surface area contributed by atoms with Gasteiger partial charge in [0.25, 0.3) is 5.91 Å². The van der Waals surface area contributed by atoms with Crippen LogP contribution in [0.15, 0.2) is 47.5 Å². The van der Waals surface area contributed by atoms with E-state index in [0.717, 1.165) is 0 Å². The van der Waals surface area contributed by atoms with Crippen molar-refractivity contribution in [2.24, 2.45) is 0 Å². The van der Waals surface area contributed by atoms with Gasteiger partial charge in [0.05, 0.1) is 18.1 Å². The van der Waals surface area contributed by atoms with Crippen molar-refractivity contribution in [2.45, 2.75) is 4.90 Å². The first-order chi connectivity index (χ1) is 13.5. The number of anilines is 1. The predicted octanol–water partition coefficient (Wildman–Crippen LogP) is 1.28. The molecule has 0 aliphatic heterocycles. The summed E-state index contributed by atoms with van der Waals surface area (Å²) in [4.78, 5) is 16.6. The Bertz CT molecular complexity index is 871. The molecule has 0 aliphatic carbocycles. The van der Waals surface area contributed by atoms with Gasteiger partial charge < -0.3 is 19.5 Å². The number of aromatic nitrogens is 1. The van der Waals surface area contributed by atoms with Crippen LogP contribution >= 0.6 is 0 Å². The van der Waals surface area contributed by atoms with Gasteiger partial charge in [-0.15, -0.1) is 0 Å². The Labute approximate surface area is 164 Å². The van der Waals surface area contributed by atoms with Crippen molar-refractivity contribution in [1.29, 1.82) is 0 Å². The number of methoxy groups -OCH3 is 2. The molecular formula is C18H23N3O6S. The standard InChI is InChI=1S/C18H23N3O6S/c1-25-11-10-20-28(23,24)15-7-5-14(6-8-15)17(22)21-16-4-3-9-19-18(16)27-13-12-26-2/h3-9,20H,10-13H2,1-2H3,(H,21,22). The summed E-state index contributed by atoms with van der Waals surface area (Å²) in [5, 5.41) is 2.70. The zero-order valence-corrected chi connectivity index (χ0v) is 16.5. The topological polar surface area (TPSA) is 116 Å². The lowest BCUT2D eigenvalue weighted by Crippen LogP contribution is -2.27. The molecule has 1 aromatic carbocycles. The van der Waals surface area contributed by atoms with E-state index >= 15 is 0 Å². The fourth-order valence-corrected chi connectivity index (χ4v) is 3.18. The summed E-state index contributed by atoms with van der Waals surface area (Å²) in [5.41, 5.74) is 0.698. The van der Waals surface area contributed by atoms with E-state index in [4.69, 9.17) is 14.2 Å². The molecule has 1 heterocycles. The monoisotopic (exact) mass is 409 g/mol. The molecule has 0 atom stereocenters. The zero-order chi connectivity index (χ0) is 20.4. The van der Waals surface area contributed by atoms with Crippen LogP contribution in [0.4, 0.5) is 5.69 Å². The van der Waals surface area contributed by atoms with Gasteiger partial charge in [-0.1, -0.05) is 0 Å². The second-order valence-corrected chi connectivity index (χ2v) is 7.33. The minimum atomic E-state index is -3.66. The number of carbonyl (C=O) groups is 1. The highest BCUT2D eigenvalue weighted by Crippen LogP contribution is 2.21. The van der Waals surface area contributed by atoms with E-state index in [2.05, 4.69) is 15.0 Å². The maximum absolute atomic E-state index is 12.5. The SMILES string of the molecule is COCCNS(=O)(=O)c1ccc(C(=O)Nc2cccnc2OCCOC)cc1. The van der Waals surface area contributed by atoms with Gasteiger partial charge in [-0.3, -0.25) is 4.79 Å². The molecule has 28 heavy (non-hydrogen) atoms. The van der Waals surface area contributed by atoms with E-state index in [-0.39, 0.29) is 23.9 Å². The quantitative estimate of drug-likeness (QED) is 0.537. The molecule has 1 amide bonds. The lowest BCUT2D eigenvalue weighted by Gasteiger charge is -2.11. The second kappa shape index (κ2) is 10.7. The minimum absolute atomic E-state index is 0.0603. The second-order valence-electron chi connectivity index (χ2n) is 5.57. The molecule has 2 rings (SSSR count). The van der Waals surface area contributed by atoms with Gasteiger partial charge in [-0.05, 0) is 36.4 Å². The largest absolute Gasteiger partial charge is 0.474 e. The van der Waals surface area contributed by atoms with Crippen molar-refractivity contribution < 1.29 is 27.4 Å². The van der Waals surface area contributed by atoms with E-state index in [1.54, 1.807) is 25.4 Å². The summed E-state index contributed by atoms with van der Waals surface area (Å²) in [7, 11) is -0.616. The molecule has 2 N–H and O–H groups in total. The lowest BCUT2D eigenvalue weighted by atomic mass is 10.2. The Morgan fingerprint density at radius 2 is 1.75 bits per heavy atom. The van der Waals surface area contributed by atoms with Crippen molar-refractivity contribution in [3.05, 3.63) is 48.2 Å². The Hall–Kier alpha value is -2.53. The smallest absolute Gasteiger partial charge is 0.255 e. The number of amides is 1. The van der Waals surface area contributed by atoms with Crippen molar-refractivity contribution in [1.82, 2.24) is 9.71 Å². The van der Waals surface area contributed by atoms with Crippen molar-refractivity contribution in [3.8, 4) is 5.88 Å². The number of ether oxygens (including phenoxy) is 3. The van der Waals surface area contributed by atoms with E-state index in [1.807, 2.05) is 0 Å². The number of carbonyl (C=O) groups excluding carboxylic acids is 1.